The summed E-state index contributed by atoms with van der Waals surface area (Å²) in [5.74, 6) is 6.31. The summed E-state index contributed by atoms with van der Waals surface area (Å²) in [5.41, 5.74) is 2.14. The summed E-state index contributed by atoms with van der Waals surface area (Å²) in [7, 11) is 0. The third-order valence-electron chi connectivity index (χ3n) is 2.11. The van der Waals surface area contributed by atoms with Gasteiger partial charge in [0.15, 0.2) is 0 Å². The summed E-state index contributed by atoms with van der Waals surface area (Å²) in [6.07, 6.45) is 2.99. The zero-order valence-corrected chi connectivity index (χ0v) is 6.26. The van der Waals surface area contributed by atoms with E-state index in [9.17, 15) is 4.79 Å². The number of amides is 1. The molecule has 0 aromatic carbocycles. The van der Waals surface area contributed by atoms with Crippen molar-refractivity contribution in [2.45, 2.75) is 26.2 Å². The highest BCUT2D eigenvalue weighted by atomic mass is 16.2. The Hall–Kier alpha value is -0.570. The molecule has 1 amide bonds. The van der Waals surface area contributed by atoms with E-state index >= 15 is 0 Å². The quantitative estimate of drug-likeness (QED) is 0.333. The highest BCUT2D eigenvalue weighted by Gasteiger charge is 2.26. The van der Waals surface area contributed by atoms with Gasteiger partial charge in [0, 0.05) is 6.42 Å². The maximum Gasteiger partial charge on any atom is 0.234 e. The molecule has 0 spiro atoms. The first-order valence-electron chi connectivity index (χ1n) is 3.71. The second kappa shape index (κ2) is 3.01. The van der Waals surface area contributed by atoms with Crippen molar-refractivity contribution in [3.63, 3.8) is 0 Å². The second-order valence-electron chi connectivity index (χ2n) is 3.21. The van der Waals surface area contributed by atoms with Crippen LogP contribution >= 0.6 is 0 Å². The topological polar surface area (TPSA) is 55.1 Å². The van der Waals surface area contributed by atoms with Gasteiger partial charge in [0.05, 0.1) is 0 Å². The third-order valence-corrected chi connectivity index (χ3v) is 2.11. The molecule has 1 saturated carbocycles. The molecular weight excluding hydrogens is 128 g/mol. The Kier molecular flexibility index (Phi) is 2.27. The van der Waals surface area contributed by atoms with Crippen molar-refractivity contribution in [1.29, 1.82) is 0 Å². The molecule has 1 aliphatic rings. The number of carbonyl (C=O) groups excluding carboxylic acids is 1. The standard InChI is InChI=1S/C7H14N2O/c1-5-2-6(3-5)4-7(10)9-8/h5-6H,2-4,8H2,1H3,(H,9,10). The molecule has 3 N–H and O–H groups in total. The molecule has 1 fully saturated rings. The van der Waals surface area contributed by atoms with E-state index in [2.05, 4.69) is 12.3 Å². The molecule has 0 atom stereocenters. The molecule has 3 nitrogen and oxygen atoms in total. The van der Waals surface area contributed by atoms with Gasteiger partial charge in [-0.3, -0.25) is 10.2 Å². The van der Waals surface area contributed by atoms with Gasteiger partial charge >= 0.3 is 0 Å². The predicted octanol–water partition coefficient (Wildman–Crippen LogP) is 0.413. The second-order valence-corrected chi connectivity index (χ2v) is 3.21. The van der Waals surface area contributed by atoms with Crippen molar-refractivity contribution in [2.75, 3.05) is 0 Å². The summed E-state index contributed by atoms with van der Waals surface area (Å²) in [4.78, 5) is 10.7. The highest BCUT2D eigenvalue weighted by molar-refractivity contribution is 5.75. The minimum Gasteiger partial charge on any atom is -0.294 e. The smallest absolute Gasteiger partial charge is 0.234 e. The predicted molar refractivity (Wildman–Crippen MR) is 38.8 cm³/mol. The van der Waals surface area contributed by atoms with Crippen LogP contribution in [-0.4, -0.2) is 5.91 Å². The molecule has 0 bridgehead atoms. The highest BCUT2D eigenvalue weighted by Crippen LogP contribution is 2.35. The number of carbonyl (C=O) groups is 1. The molecule has 0 aromatic rings. The first-order valence-corrected chi connectivity index (χ1v) is 3.71. The van der Waals surface area contributed by atoms with Crippen LogP contribution in [0.1, 0.15) is 26.2 Å². The molecule has 1 rings (SSSR count). The molecule has 1 aliphatic carbocycles. The molecule has 0 heterocycles. The first kappa shape index (κ1) is 7.54. The van der Waals surface area contributed by atoms with E-state index in [1.807, 2.05) is 0 Å². The Morgan fingerprint density at radius 2 is 2.30 bits per heavy atom. The van der Waals surface area contributed by atoms with Crippen LogP contribution in [0.3, 0.4) is 0 Å². The van der Waals surface area contributed by atoms with E-state index < -0.39 is 0 Å². The maximum absolute atomic E-state index is 10.7. The summed E-state index contributed by atoms with van der Waals surface area (Å²) in [5, 5.41) is 0. The fraction of sp³-hybridized carbons (Fsp3) is 0.857. The van der Waals surface area contributed by atoms with Gasteiger partial charge in [-0.05, 0) is 24.7 Å². The third kappa shape index (κ3) is 1.70. The van der Waals surface area contributed by atoms with E-state index in [-0.39, 0.29) is 5.91 Å². The minimum atomic E-state index is -0.0306. The minimum absolute atomic E-state index is 0.0306. The van der Waals surface area contributed by atoms with Crippen LogP contribution in [0.5, 0.6) is 0 Å². The molecule has 0 unspecified atom stereocenters. The Bertz CT molecular complexity index is 130. The Labute approximate surface area is 60.9 Å². The van der Waals surface area contributed by atoms with E-state index in [1.165, 1.54) is 12.8 Å². The van der Waals surface area contributed by atoms with Crippen LogP contribution in [0, 0.1) is 11.8 Å². The average Bonchev–Trinajstić information content (AvgIpc) is 1.84. The lowest BCUT2D eigenvalue weighted by molar-refractivity contribution is -0.123. The van der Waals surface area contributed by atoms with Crippen molar-refractivity contribution < 1.29 is 4.79 Å². The van der Waals surface area contributed by atoms with E-state index in [0.29, 0.717) is 12.3 Å². The van der Waals surface area contributed by atoms with Gasteiger partial charge in [0.2, 0.25) is 5.91 Å². The fourth-order valence-corrected chi connectivity index (χ4v) is 1.56. The Morgan fingerprint density at radius 3 is 2.70 bits per heavy atom. The summed E-state index contributed by atoms with van der Waals surface area (Å²) >= 11 is 0. The van der Waals surface area contributed by atoms with Crippen molar-refractivity contribution in [3.8, 4) is 0 Å². The van der Waals surface area contributed by atoms with E-state index in [0.717, 1.165) is 5.92 Å². The number of nitrogens with two attached hydrogens (primary N) is 1. The lowest BCUT2D eigenvalue weighted by Gasteiger charge is -2.31. The summed E-state index contributed by atoms with van der Waals surface area (Å²) in [6.45, 7) is 2.21. The molecule has 0 aromatic heterocycles. The number of hydrazine groups is 1. The molecule has 3 heteroatoms. The van der Waals surface area contributed by atoms with Gasteiger partial charge in [-0.25, -0.2) is 5.84 Å². The van der Waals surface area contributed by atoms with Crippen molar-refractivity contribution >= 4 is 5.91 Å². The van der Waals surface area contributed by atoms with Crippen LogP contribution in [0.25, 0.3) is 0 Å². The summed E-state index contributed by atoms with van der Waals surface area (Å²) < 4.78 is 0. The lowest BCUT2D eigenvalue weighted by Crippen LogP contribution is -2.34. The number of hydrogen-bond donors (Lipinski definition) is 2. The Balaban J connectivity index is 2.10. The van der Waals surface area contributed by atoms with Crippen molar-refractivity contribution in [2.24, 2.45) is 17.7 Å². The Morgan fingerprint density at radius 1 is 1.70 bits per heavy atom. The van der Waals surface area contributed by atoms with Gasteiger partial charge in [0.25, 0.3) is 0 Å². The number of hydrogen-bond acceptors (Lipinski definition) is 2. The largest absolute Gasteiger partial charge is 0.294 e. The zero-order valence-electron chi connectivity index (χ0n) is 6.26. The number of nitrogens with one attached hydrogen (secondary N) is 1. The van der Waals surface area contributed by atoms with Gasteiger partial charge in [-0.2, -0.15) is 0 Å². The first-order chi connectivity index (χ1) is 4.72. The lowest BCUT2D eigenvalue weighted by atomic mass is 9.74. The van der Waals surface area contributed by atoms with Crippen molar-refractivity contribution in [1.82, 2.24) is 5.43 Å². The van der Waals surface area contributed by atoms with Gasteiger partial charge in [-0.1, -0.05) is 6.92 Å². The number of rotatable bonds is 2. The van der Waals surface area contributed by atoms with Crippen LogP contribution in [0.15, 0.2) is 0 Å². The fourth-order valence-electron chi connectivity index (χ4n) is 1.56. The van der Waals surface area contributed by atoms with Gasteiger partial charge in [0.1, 0.15) is 0 Å². The molecule has 0 radical (unpaired) electrons. The molecule has 0 aliphatic heterocycles. The normalized spacial score (nSPS) is 31.0. The molecule has 10 heavy (non-hydrogen) atoms. The molecular formula is C7H14N2O. The monoisotopic (exact) mass is 142 g/mol. The van der Waals surface area contributed by atoms with Crippen LogP contribution in [0.2, 0.25) is 0 Å². The maximum atomic E-state index is 10.7. The van der Waals surface area contributed by atoms with Gasteiger partial charge in [-0.15, -0.1) is 0 Å². The van der Waals surface area contributed by atoms with Crippen LogP contribution < -0.4 is 11.3 Å². The SMILES string of the molecule is CC1CC(CC(=O)NN)C1. The average molecular weight is 142 g/mol. The summed E-state index contributed by atoms with van der Waals surface area (Å²) in [6, 6.07) is 0. The van der Waals surface area contributed by atoms with E-state index in [1.54, 1.807) is 0 Å². The van der Waals surface area contributed by atoms with Crippen LogP contribution in [-0.2, 0) is 4.79 Å². The van der Waals surface area contributed by atoms with E-state index in [4.69, 9.17) is 5.84 Å². The molecule has 58 valence electrons. The zero-order chi connectivity index (χ0) is 7.56. The van der Waals surface area contributed by atoms with Crippen LogP contribution in [0.4, 0.5) is 0 Å². The van der Waals surface area contributed by atoms with Crippen molar-refractivity contribution in [3.05, 3.63) is 0 Å². The molecule has 0 saturated heterocycles. The van der Waals surface area contributed by atoms with Gasteiger partial charge < -0.3 is 0 Å².